The van der Waals surface area contributed by atoms with Crippen LogP contribution in [-0.2, 0) is 0 Å². The Kier molecular flexibility index (Phi) is 9.68. The number of aryl methyl sites for hydroxylation is 2. The molecule has 2 aromatic carbocycles. The minimum Gasteiger partial charge on any atom is -0.507 e. The molecule has 38 heavy (non-hydrogen) atoms. The first-order valence-corrected chi connectivity index (χ1v) is 13.5. The van der Waals surface area contributed by atoms with Crippen LogP contribution in [0.3, 0.4) is 0 Å². The van der Waals surface area contributed by atoms with Gasteiger partial charge in [-0.15, -0.1) is 0 Å². The van der Waals surface area contributed by atoms with E-state index in [-0.39, 0.29) is 26.8 Å². The maximum absolute atomic E-state index is 13.0. The summed E-state index contributed by atoms with van der Waals surface area (Å²) in [7, 11) is 0. The van der Waals surface area contributed by atoms with Crippen LogP contribution >= 0.6 is 23.2 Å². The van der Waals surface area contributed by atoms with Gasteiger partial charge < -0.3 is 14.6 Å². The van der Waals surface area contributed by atoms with E-state index in [2.05, 4.69) is 0 Å². The number of phenolic OH excluding ortho intramolecular Hbond substituents is 1. The van der Waals surface area contributed by atoms with Gasteiger partial charge in [0.25, 0.3) is 0 Å². The number of aromatic carboxylic acids is 1. The minimum atomic E-state index is -1.20. The van der Waals surface area contributed by atoms with Gasteiger partial charge in [-0.1, -0.05) is 50.9 Å². The molecule has 0 fully saturated rings. The molecule has 0 atom stereocenters. The molecule has 4 rings (SSSR count). The third-order valence-corrected chi connectivity index (χ3v) is 7.83. The first kappa shape index (κ1) is 31.2. The van der Waals surface area contributed by atoms with Crippen molar-refractivity contribution in [1.82, 2.24) is 0 Å². The number of fused-ring (bicyclic) bond motifs is 2. The summed E-state index contributed by atoms with van der Waals surface area (Å²) < 4.78 is 6.34. The summed E-state index contributed by atoms with van der Waals surface area (Å²) in [6.45, 7) is 20.5. The molecular formula is C31H36Cl2O5. The van der Waals surface area contributed by atoms with E-state index in [1.807, 2.05) is 48.5 Å². The fourth-order valence-corrected chi connectivity index (χ4v) is 5.29. The molecule has 0 unspecified atom stereocenters. The average Bonchev–Trinajstić information content (AvgIpc) is 2.91. The molecule has 2 N–H and O–H groups in total. The van der Waals surface area contributed by atoms with Gasteiger partial charge in [-0.05, 0) is 76.8 Å². The summed E-state index contributed by atoms with van der Waals surface area (Å²) >= 11 is 13.3. The lowest BCUT2D eigenvalue weighted by Gasteiger charge is -2.25. The fourth-order valence-electron chi connectivity index (χ4n) is 4.72. The number of phenols is 1. The summed E-state index contributed by atoms with van der Waals surface area (Å²) in [4.78, 5) is 25.0. The van der Waals surface area contributed by atoms with Crippen LogP contribution in [0.5, 0.6) is 5.75 Å². The van der Waals surface area contributed by atoms with E-state index >= 15 is 0 Å². The largest absolute Gasteiger partial charge is 0.507 e. The van der Waals surface area contributed by atoms with E-state index in [1.54, 1.807) is 27.7 Å². The molecule has 0 aromatic heterocycles. The van der Waals surface area contributed by atoms with Crippen LogP contribution in [0.15, 0.2) is 15.3 Å². The van der Waals surface area contributed by atoms with Crippen LogP contribution in [0.25, 0.3) is 33.4 Å². The maximum atomic E-state index is 13.0. The highest BCUT2D eigenvalue weighted by Crippen LogP contribution is 2.51. The topological polar surface area (TPSA) is 87.7 Å². The summed E-state index contributed by atoms with van der Waals surface area (Å²) in [5.41, 5.74) is 6.16. The van der Waals surface area contributed by atoms with Crippen LogP contribution in [-0.4, -0.2) is 16.2 Å². The van der Waals surface area contributed by atoms with Gasteiger partial charge in [-0.2, -0.15) is 0 Å². The normalized spacial score (nSPS) is 10.7. The van der Waals surface area contributed by atoms with Gasteiger partial charge in [-0.3, -0.25) is 4.79 Å². The van der Waals surface area contributed by atoms with Gasteiger partial charge in [-0.25, -0.2) is 4.79 Å². The second kappa shape index (κ2) is 11.8. The first-order chi connectivity index (χ1) is 17.8. The lowest BCUT2D eigenvalue weighted by Crippen LogP contribution is -2.15. The highest BCUT2D eigenvalue weighted by atomic mass is 35.5. The van der Waals surface area contributed by atoms with Crippen LogP contribution in [0, 0.1) is 48.5 Å². The Morgan fingerprint density at radius 1 is 0.737 bits per heavy atom. The minimum absolute atomic E-state index is 0.0480. The third-order valence-electron chi connectivity index (χ3n) is 7.05. The van der Waals surface area contributed by atoms with Gasteiger partial charge in [0.15, 0.2) is 5.43 Å². The zero-order valence-electron chi connectivity index (χ0n) is 24.0. The number of hydrogen-bond acceptors (Lipinski definition) is 4. The van der Waals surface area contributed by atoms with Crippen molar-refractivity contribution >= 4 is 40.1 Å². The standard InChI is InChI=1S/C27H24Cl2O5.2C2H6/c1-9-11(3)23(30)14(6)25-19(9)21(18-13(5)17(28)8-16(22(18)29)27(32)33)20-10(2)12(4)24(31)15(7)26(20)34-25;2*1-2/h8,30H,1-7H3,(H,32,33);2*1-2H3. The van der Waals surface area contributed by atoms with E-state index in [0.717, 1.165) is 5.56 Å². The van der Waals surface area contributed by atoms with Crippen molar-refractivity contribution < 1.29 is 19.4 Å². The van der Waals surface area contributed by atoms with Gasteiger partial charge in [0, 0.05) is 43.8 Å². The molecule has 0 saturated heterocycles. The third kappa shape index (κ3) is 4.67. The Morgan fingerprint density at radius 3 is 1.82 bits per heavy atom. The van der Waals surface area contributed by atoms with Crippen molar-refractivity contribution in [3.63, 3.8) is 0 Å². The fraction of sp³-hybridized carbons (Fsp3) is 0.355. The van der Waals surface area contributed by atoms with Crippen molar-refractivity contribution in [2.75, 3.05) is 0 Å². The quantitative estimate of drug-likeness (QED) is 0.239. The highest BCUT2D eigenvalue weighted by Gasteiger charge is 2.31. The lowest BCUT2D eigenvalue weighted by molar-refractivity contribution is 0.0697. The van der Waals surface area contributed by atoms with E-state index in [1.165, 1.54) is 6.07 Å². The number of carboxylic acids is 1. The lowest BCUT2D eigenvalue weighted by atomic mass is 9.82. The van der Waals surface area contributed by atoms with Crippen molar-refractivity contribution in [2.24, 2.45) is 0 Å². The van der Waals surface area contributed by atoms with E-state index in [9.17, 15) is 19.8 Å². The highest BCUT2D eigenvalue weighted by molar-refractivity contribution is 6.39. The van der Waals surface area contributed by atoms with Crippen molar-refractivity contribution in [2.45, 2.75) is 76.2 Å². The predicted molar refractivity (Wildman–Crippen MR) is 159 cm³/mol. The Hall–Kier alpha value is -3.02. The Balaban J connectivity index is 0.00000121. The number of rotatable bonds is 2. The number of aromatic hydroxyl groups is 1. The molecule has 1 aliphatic heterocycles. The number of carboxylic acid groups (broad SMARTS) is 1. The Labute approximate surface area is 234 Å². The monoisotopic (exact) mass is 558 g/mol. The number of halogens is 2. The number of carbonyl (C=O) groups is 1. The molecule has 2 aromatic rings. The van der Waals surface area contributed by atoms with E-state index in [0.29, 0.717) is 66.8 Å². The van der Waals surface area contributed by atoms with Gasteiger partial charge in [0.2, 0.25) is 0 Å². The smallest absolute Gasteiger partial charge is 0.337 e. The van der Waals surface area contributed by atoms with Crippen molar-refractivity contribution in [3.05, 3.63) is 70.8 Å². The molecular weight excluding hydrogens is 523 g/mol. The van der Waals surface area contributed by atoms with Gasteiger partial charge in [0.05, 0.1) is 10.6 Å². The van der Waals surface area contributed by atoms with Gasteiger partial charge >= 0.3 is 5.97 Å². The van der Waals surface area contributed by atoms with Crippen LogP contribution in [0.4, 0.5) is 0 Å². The maximum Gasteiger partial charge on any atom is 0.337 e. The van der Waals surface area contributed by atoms with Crippen LogP contribution in [0.2, 0.25) is 10.0 Å². The SMILES string of the molecule is CC.CC.Cc1c(Cl)cc(C(=O)O)c(Cl)c1-c1c2c(C)c(C)c(=O)c(C)c-2oc2c(C)c(O)c(C)c(C)c12. The number of benzene rings is 3. The van der Waals surface area contributed by atoms with Crippen molar-refractivity contribution in [1.29, 1.82) is 0 Å². The van der Waals surface area contributed by atoms with Crippen LogP contribution < -0.4 is 5.43 Å². The second-order valence-corrected chi connectivity index (χ2v) is 9.62. The molecule has 1 aliphatic carbocycles. The average molecular weight is 560 g/mol. The molecule has 0 saturated carbocycles. The van der Waals surface area contributed by atoms with Crippen molar-refractivity contribution in [3.8, 4) is 28.2 Å². The summed E-state index contributed by atoms with van der Waals surface area (Å²) in [6, 6.07) is 1.34. The second-order valence-electron chi connectivity index (χ2n) is 8.84. The van der Waals surface area contributed by atoms with E-state index < -0.39 is 5.97 Å². The molecule has 5 nitrogen and oxygen atoms in total. The molecule has 0 radical (unpaired) electrons. The zero-order valence-corrected chi connectivity index (χ0v) is 25.5. The molecule has 2 aliphatic rings. The van der Waals surface area contributed by atoms with E-state index in [4.69, 9.17) is 27.6 Å². The summed E-state index contributed by atoms with van der Waals surface area (Å²) in [6.07, 6.45) is 0. The summed E-state index contributed by atoms with van der Waals surface area (Å²) in [5, 5.41) is 21.6. The predicted octanol–water partition coefficient (Wildman–Crippen LogP) is 9.49. The molecule has 0 bridgehead atoms. The molecule has 204 valence electrons. The Bertz CT molecular complexity index is 1600. The molecule has 1 heterocycles. The molecule has 7 heteroatoms. The number of hydrogen-bond donors (Lipinski definition) is 2. The molecule has 0 spiro atoms. The van der Waals surface area contributed by atoms with Gasteiger partial charge in [0.1, 0.15) is 17.1 Å². The zero-order chi connectivity index (χ0) is 29.4. The van der Waals surface area contributed by atoms with Crippen LogP contribution in [0.1, 0.15) is 77.0 Å². The Morgan fingerprint density at radius 2 is 1.29 bits per heavy atom. The first-order valence-electron chi connectivity index (χ1n) is 12.7. The summed E-state index contributed by atoms with van der Waals surface area (Å²) in [5.74, 6) is -0.730. The molecule has 0 amide bonds.